The summed E-state index contributed by atoms with van der Waals surface area (Å²) in [5.41, 5.74) is 5.71. The zero-order chi connectivity index (χ0) is 18.0. The lowest BCUT2D eigenvalue weighted by atomic mass is 9.94. The van der Waals surface area contributed by atoms with Gasteiger partial charge >= 0.3 is 0 Å². The fourth-order valence-corrected chi connectivity index (χ4v) is 3.12. The van der Waals surface area contributed by atoms with E-state index in [9.17, 15) is 0 Å². The first-order chi connectivity index (χ1) is 12.9. The molecule has 0 aliphatic carbocycles. The number of aromatic nitrogens is 1. The maximum atomic E-state index is 5.00. The Kier molecular flexibility index (Phi) is 6.72. The summed E-state index contributed by atoms with van der Waals surface area (Å²) in [6.45, 7) is 3.09. The van der Waals surface area contributed by atoms with Crippen molar-refractivity contribution in [2.24, 2.45) is 4.99 Å². The van der Waals surface area contributed by atoms with Crippen LogP contribution in [0.2, 0.25) is 0 Å². The molecule has 0 saturated carbocycles. The Morgan fingerprint density at radius 3 is 2.42 bits per heavy atom. The highest BCUT2D eigenvalue weighted by molar-refractivity contribution is 6.16. The third kappa shape index (κ3) is 4.66. The molecule has 2 aromatic carbocycles. The molecule has 0 unspecified atom stereocenters. The summed E-state index contributed by atoms with van der Waals surface area (Å²) in [4.78, 5) is 9.31. The third-order valence-electron chi connectivity index (χ3n) is 4.48. The van der Waals surface area contributed by atoms with E-state index in [1.54, 1.807) is 0 Å². The van der Waals surface area contributed by atoms with Crippen molar-refractivity contribution in [1.82, 2.24) is 4.98 Å². The Hall–Kier alpha value is -2.74. The number of aliphatic imine (C=N–C) groups is 1. The van der Waals surface area contributed by atoms with E-state index in [0.717, 1.165) is 24.2 Å². The maximum absolute atomic E-state index is 5.00. The molecular weight excluding hydrogens is 316 g/mol. The second-order valence-electron chi connectivity index (χ2n) is 6.44. The van der Waals surface area contributed by atoms with Gasteiger partial charge in [0.05, 0.1) is 5.71 Å². The van der Waals surface area contributed by atoms with E-state index in [-0.39, 0.29) is 0 Å². The van der Waals surface area contributed by atoms with Crippen LogP contribution in [0.4, 0.5) is 0 Å². The highest BCUT2D eigenvalue weighted by Crippen LogP contribution is 2.26. The van der Waals surface area contributed by atoms with Crippen LogP contribution < -0.4 is 0 Å². The van der Waals surface area contributed by atoms with Crippen LogP contribution in [0.15, 0.2) is 84.1 Å². The van der Waals surface area contributed by atoms with Crippen molar-refractivity contribution >= 4 is 5.71 Å². The number of hydrogen-bond donors (Lipinski definition) is 0. The van der Waals surface area contributed by atoms with Crippen LogP contribution in [-0.2, 0) is 0 Å². The van der Waals surface area contributed by atoms with Crippen LogP contribution in [0.5, 0.6) is 0 Å². The quantitative estimate of drug-likeness (QED) is 0.355. The van der Waals surface area contributed by atoms with E-state index < -0.39 is 0 Å². The van der Waals surface area contributed by atoms with Crippen LogP contribution in [0, 0.1) is 0 Å². The summed E-state index contributed by atoms with van der Waals surface area (Å²) in [7, 11) is 0. The molecule has 26 heavy (non-hydrogen) atoms. The van der Waals surface area contributed by atoms with Crippen LogP contribution in [0.1, 0.15) is 43.7 Å². The van der Waals surface area contributed by atoms with Gasteiger partial charge in [0, 0.05) is 30.1 Å². The van der Waals surface area contributed by atoms with E-state index in [1.165, 1.54) is 36.0 Å². The molecule has 0 aliphatic heterocycles. The fraction of sp³-hybridized carbons (Fsp3) is 0.250. The molecular formula is C24H26N2. The van der Waals surface area contributed by atoms with Gasteiger partial charge in [-0.05, 0) is 29.7 Å². The number of unbranched alkanes of at least 4 members (excludes halogenated alkanes) is 3. The van der Waals surface area contributed by atoms with Gasteiger partial charge in [-0.2, -0.15) is 0 Å². The van der Waals surface area contributed by atoms with Gasteiger partial charge in [-0.3, -0.25) is 9.98 Å². The minimum atomic E-state index is 0.855. The van der Waals surface area contributed by atoms with E-state index in [1.807, 2.05) is 18.5 Å². The summed E-state index contributed by atoms with van der Waals surface area (Å²) in [6, 6.07) is 23.1. The predicted molar refractivity (Wildman–Crippen MR) is 111 cm³/mol. The second-order valence-corrected chi connectivity index (χ2v) is 6.44. The molecule has 0 atom stereocenters. The number of nitrogens with zero attached hydrogens (tertiary/aromatic N) is 2. The maximum Gasteiger partial charge on any atom is 0.0740 e. The summed E-state index contributed by atoms with van der Waals surface area (Å²) >= 11 is 0. The topological polar surface area (TPSA) is 25.2 Å². The van der Waals surface area contributed by atoms with Crippen molar-refractivity contribution in [3.63, 3.8) is 0 Å². The summed E-state index contributed by atoms with van der Waals surface area (Å²) in [5.74, 6) is 0. The standard InChI is InChI=1S/C24H26N2/c1-2-3-4-10-18-26-24(21-14-11-17-25-19-21)23-16-9-8-15-22(23)20-12-6-5-7-13-20/h5-9,11-17,19H,2-4,10,18H2,1H3. The molecule has 1 heterocycles. The zero-order valence-electron chi connectivity index (χ0n) is 15.4. The number of rotatable bonds is 8. The molecule has 0 aliphatic rings. The van der Waals surface area contributed by atoms with Crippen molar-refractivity contribution in [3.05, 3.63) is 90.3 Å². The van der Waals surface area contributed by atoms with Crippen molar-refractivity contribution < 1.29 is 0 Å². The number of benzene rings is 2. The van der Waals surface area contributed by atoms with E-state index in [2.05, 4.69) is 72.6 Å². The first kappa shape index (κ1) is 18.1. The molecule has 2 nitrogen and oxygen atoms in total. The number of pyridine rings is 1. The van der Waals surface area contributed by atoms with Gasteiger partial charge in [0.25, 0.3) is 0 Å². The van der Waals surface area contributed by atoms with Crippen molar-refractivity contribution in [3.8, 4) is 11.1 Å². The average Bonchev–Trinajstić information content (AvgIpc) is 2.72. The van der Waals surface area contributed by atoms with E-state index in [4.69, 9.17) is 4.99 Å². The lowest BCUT2D eigenvalue weighted by Gasteiger charge is -2.13. The van der Waals surface area contributed by atoms with Crippen LogP contribution in [0.3, 0.4) is 0 Å². The largest absolute Gasteiger partial charge is 0.284 e. The lowest BCUT2D eigenvalue weighted by Crippen LogP contribution is -2.07. The molecule has 1 aromatic heterocycles. The molecule has 132 valence electrons. The van der Waals surface area contributed by atoms with E-state index >= 15 is 0 Å². The third-order valence-corrected chi connectivity index (χ3v) is 4.48. The molecule has 0 bridgehead atoms. The SMILES string of the molecule is CCCCCCN=C(c1cccnc1)c1ccccc1-c1ccccc1. The molecule has 0 radical (unpaired) electrons. The smallest absolute Gasteiger partial charge is 0.0740 e. The Morgan fingerprint density at radius 1 is 0.846 bits per heavy atom. The van der Waals surface area contributed by atoms with Gasteiger partial charge in [-0.15, -0.1) is 0 Å². The van der Waals surface area contributed by atoms with Gasteiger partial charge < -0.3 is 0 Å². The minimum Gasteiger partial charge on any atom is -0.284 e. The fourth-order valence-electron chi connectivity index (χ4n) is 3.12. The van der Waals surface area contributed by atoms with Crippen LogP contribution in [0.25, 0.3) is 11.1 Å². The summed E-state index contributed by atoms with van der Waals surface area (Å²) in [6.07, 6.45) is 8.61. The molecule has 3 rings (SSSR count). The minimum absolute atomic E-state index is 0.855. The van der Waals surface area contributed by atoms with Crippen LogP contribution >= 0.6 is 0 Å². The highest BCUT2D eigenvalue weighted by atomic mass is 14.7. The van der Waals surface area contributed by atoms with Crippen molar-refractivity contribution in [1.29, 1.82) is 0 Å². The van der Waals surface area contributed by atoms with Crippen molar-refractivity contribution in [2.45, 2.75) is 32.6 Å². The predicted octanol–water partition coefficient (Wildman–Crippen LogP) is 6.17. The van der Waals surface area contributed by atoms with Gasteiger partial charge in [-0.25, -0.2) is 0 Å². The summed E-state index contributed by atoms with van der Waals surface area (Å²) in [5, 5.41) is 0. The van der Waals surface area contributed by atoms with Gasteiger partial charge in [0.15, 0.2) is 0 Å². The van der Waals surface area contributed by atoms with Crippen LogP contribution in [-0.4, -0.2) is 17.2 Å². The first-order valence-electron chi connectivity index (χ1n) is 9.50. The molecule has 0 N–H and O–H groups in total. The van der Waals surface area contributed by atoms with Crippen molar-refractivity contribution in [2.75, 3.05) is 6.54 Å². The molecule has 0 amide bonds. The normalized spacial score (nSPS) is 11.5. The molecule has 2 heteroatoms. The Morgan fingerprint density at radius 2 is 1.65 bits per heavy atom. The van der Waals surface area contributed by atoms with Gasteiger partial charge in [0.2, 0.25) is 0 Å². The summed E-state index contributed by atoms with van der Waals surface area (Å²) < 4.78 is 0. The highest BCUT2D eigenvalue weighted by Gasteiger charge is 2.12. The molecule has 0 fully saturated rings. The Bertz CT molecular complexity index is 823. The lowest BCUT2D eigenvalue weighted by molar-refractivity contribution is 0.675. The van der Waals surface area contributed by atoms with E-state index in [0.29, 0.717) is 0 Å². The van der Waals surface area contributed by atoms with Gasteiger partial charge in [-0.1, -0.05) is 80.8 Å². The van der Waals surface area contributed by atoms with Gasteiger partial charge in [0.1, 0.15) is 0 Å². The second kappa shape index (κ2) is 9.67. The molecule has 0 saturated heterocycles. The first-order valence-corrected chi connectivity index (χ1v) is 9.50. The Labute approximate surface area is 156 Å². The monoisotopic (exact) mass is 342 g/mol. The number of hydrogen-bond acceptors (Lipinski definition) is 2. The molecule has 0 spiro atoms. The molecule has 3 aromatic rings. The zero-order valence-corrected chi connectivity index (χ0v) is 15.4. The Balaban J connectivity index is 1.99. The average molecular weight is 342 g/mol.